The third-order valence-corrected chi connectivity index (χ3v) is 0.858. The normalized spacial score (nSPS) is 9.56. The molecule has 0 fully saturated rings. The fourth-order valence-electron chi connectivity index (χ4n) is 0.451. The lowest BCUT2D eigenvalue weighted by Crippen LogP contribution is -2.22. The zero-order valence-electron chi connectivity index (χ0n) is 5.76. The monoisotopic (exact) mass is 150 g/mol. The molecule has 0 aromatic rings. The van der Waals surface area contributed by atoms with Crippen molar-refractivity contribution in [2.75, 3.05) is 6.54 Å². The average molecular weight is 151 g/mol. The molecular formula is C6H15ClN2. The van der Waals surface area contributed by atoms with Crippen molar-refractivity contribution in [3.8, 4) is 0 Å². The molecule has 3 N–H and O–H groups in total. The summed E-state index contributed by atoms with van der Waals surface area (Å²) in [5.74, 6) is 5.03. The fraction of sp³-hybridized carbons (Fsp3) is 0.667. The quantitative estimate of drug-likeness (QED) is 0.274. The molecule has 3 heteroatoms. The minimum absolute atomic E-state index is 0. The van der Waals surface area contributed by atoms with Crippen molar-refractivity contribution in [2.45, 2.75) is 19.8 Å². The Kier molecular flexibility index (Phi) is 14.1. The molecule has 0 atom stereocenters. The third kappa shape index (κ3) is 11.5. The standard InChI is InChI=1S/C6H14N2.ClH/c1-2-3-4-5-6-8-7;/h3-4,8H,2,5-7H2,1H3;1H/b4-3+;. The minimum atomic E-state index is 0. The Morgan fingerprint density at radius 3 is 2.56 bits per heavy atom. The largest absolute Gasteiger partial charge is 0.271 e. The first-order chi connectivity index (χ1) is 3.91. The summed E-state index contributed by atoms with van der Waals surface area (Å²) < 4.78 is 0. The second-order valence-electron chi connectivity index (χ2n) is 1.62. The molecule has 0 aromatic carbocycles. The van der Waals surface area contributed by atoms with E-state index in [1.54, 1.807) is 0 Å². The van der Waals surface area contributed by atoms with Crippen LogP contribution in [-0.2, 0) is 0 Å². The number of hydrazine groups is 1. The van der Waals surface area contributed by atoms with Crippen LogP contribution in [0.5, 0.6) is 0 Å². The SMILES string of the molecule is CC/C=C/CCNN.Cl. The van der Waals surface area contributed by atoms with Gasteiger partial charge in [-0.15, -0.1) is 12.4 Å². The van der Waals surface area contributed by atoms with E-state index < -0.39 is 0 Å². The van der Waals surface area contributed by atoms with Crippen molar-refractivity contribution < 1.29 is 0 Å². The van der Waals surface area contributed by atoms with Crippen LogP contribution < -0.4 is 11.3 Å². The van der Waals surface area contributed by atoms with E-state index in [9.17, 15) is 0 Å². The number of hydrogen-bond donors (Lipinski definition) is 2. The van der Waals surface area contributed by atoms with Crippen LogP contribution in [0, 0.1) is 0 Å². The highest BCUT2D eigenvalue weighted by Gasteiger charge is 1.72. The van der Waals surface area contributed by atoms with Gasteiger partial charge in [-0.05, 0) is 12.8 Å². The summed E-state index contributed by atoms with van der Waals surface area (Å²) in [6.07, 6.45) is 6.41. The van der Waals surface area contributed by atoms with Gasteiger partial charge in [0.15, 0.2) is 0 Å². The lowest BCUT2D eigenvalue weighted by Gasteiger charge is -1.89. The molecular weight excluding hydrogens is 136 g/mol. The maximum Gasteiger partial charge on any atom is 0.0132 e. The molecule has 2 nitrogen and oxygen atoms in total. The molecule has 56 valence electrons. The first-order valence-electron chi connectivity index (χ1n) is 3.00. The highest BCUT2D eigenvalue weighted by Crippen LogP contribution is 1.82. The maximum atomic E-state index is 5.03. The Hall–Kier alpha value is -0.0500. The van der Waals surface area contributed by atoms with Crippen LogP contribution in [0.25, 0.3) is 0 Å². The van der Waals surface area contributed by atoms with E-state index >= 15 is 0 Å². The molecule has 0 spiro atoms. The fourth-order valence-corrected chi connectivity index (χ4v) is 0.451. The molecule has 0 amide bonds. The van der Waals surface area contributed by atoms with Gasteiger partial charge < -0.3 is 0 Å². The molecule has 0 saturated carbocycles. The zero-order valence-corrected chi connectivity index (χ0v) is 6.58. The maximum absolute atomic E-state index is 5.03. The lowest BCUT2D eigenvalue weighted by molar-refractivity contribution is 0.739. The molecule has 0 bridgehead atoms. The summed E-state index contributed by atoms with van der Waals surface area (Å²) in [6.45, 7) is 2.99. The second kappa shape index (κ2) is 10.8. The van der Waals surface area contributed by atoms with E-state index in [1.165, 1.54) is 0 Å². The van der Waals surface area contributed by atoms with E-state index in [-0.39, 0.29) is 12.4 Å². The van der Waals surface area contributed by atoms with Crippen LogP contribution in [0.2, 0.25) is 0 Å². The van der Waals surface area contributed by atoms with Gasteiger partial charge in [-0.3, -0.25) is 11.3 Å². The predicted molar refractivity (Wildman–Crippen MR) is 43.5 cm³/mol. The van der Waals surface area contributed by atoms with E-state index in [0.717, 1.165) is 19.4 Å². The van der Waals surface area contributed by atoms with Gasteiger partial charge in [-0.25, -0.2) is 0 Å². The first kappa shape index (κ1) is 11.7. The lowest BCUT2D eigenvalue weighted by atomic mass is 10.3. The number of halogens is 1. The van der Waals surface area contributed by atoms with Crippen molar-refractivity contribution in [3.05, 3.63) is 12.2 Å². The third-order valence-electron chi connectivity index (χ3n) is 0.858. The average Bonchev–Trinajstić information content (AvgIpc) is 1.81. The van der Waals surface area contributed by atoms with Gasteiger partial charge >= 0.3 is 0 Å². The van der Waals surface area contributed by atoms with Gasteiger partial charge in [0.1, 0.15) is 0 Å². The van der Waals surface area contributed by atoms with Crippen molar-refractivity contribution in [1.82, 2.24) is 5.43 Å². The summed E-state index contributed by atoms with van der Waals surface area (Å²) >= 11 is 0. The Bertz CT molecular complexity index is 64.1. The van der Waals surface area contributed by atoms with E-state index in [1.807, 2.05) is 0 Å². The van der Waals surface area contributed by atoms with Crippen molar-refractivity contribution in [2.24, 2.45) is 5.84 Å². The molecule has 0 aliphatic heterocycles. The second-order valence-corrected chi connectivity index (χ2v) is 1.62. The van der Waals surface area contributed by atoms with Crippen LogP contribution in [0.3, 0.4) is 0 Å². The van der Waals surface area contributed by atoms with Crippen molar-refractivity contribution in [3.63, 3.8) is 0 Å². The minimum Gasteiger partial charge on any atom is -0.271 e. The number of allylic oxidation sites excluding steroid dienone is 1. The van der Waals surface area contributed by atoms with Gasteiger partial charge in [0.2, 0.25) is 0 Å². The van der Waals surface area contributed by atoms with E-state index in [4.69, 9.17) is 5.84 Å². The van der Waals surface area contributed by atoms with Gasteiger partial charge in [-0.2, -0.15) is 0 Å². The summed E-state index contributed by atoms with van der Waals surface area (Å²) in [4.78, 5) is 0. The van der Waals surface area contributed by atoms with Crippen LogP contribution in [-0.4, -0.2) is 6.54 Å². The molecule has 0 heterocycles. The number of nitrogens with two attached hydrogens (primary N) is 1. The Balaban J connectivity index is 0. The highest BCUT2D eigenvalue weighted by molar-refractivity contribution is 5.85. The summed E-state index contributed by atoms with van der Waals surface area (Å²) in [6, 6.07) is 0. The number of nitrogens with one attached hydrogen (secondary N) is 1. The van der Waals surface area contributed by atoms with Gasteiger partial charge in [-0.1, -0.05) is 19.1 Å². The number of rotatable bonds is 4. The van der Waals surface area contributed by atoms with Gasteiger partial charge in [0, 0.05) is 6.54 Å². The molecule has 0 aromatic heterocycles. The van der Waals surface area contributed by atoms with Crippen LogP contribution in [0.1, 0.15) is 19.8 Å². The smallest absolute Gasteiger partial charge is 0.0132 e. The number of hydrogen-bond acceptors (Lipinski definition) is 2. The van der Waals surface area contributed by atoms with Crippen LogP contribution in [0.15, 0.2) is 12.2 Å². The molecule has 0 radical (unpaired) electrons. The van der Waals surface area contributed by atoms with Crippen LogP contribution >= 0.6 is 12.4 Å². The van der Waals surface area contributed by atoms with Crippen molar-refractivity contribution >= 4 is 12.4 Å². The molecule has 0 aliphatic rings. The summed E-state index contributed by atoms with van der Waals surface area (Å²) in [5.41, 5.74) is 2.58. The Labute approximate surface area is 62.9 Å². The van der Waals surface area contributed by atoms with Crippen molar-refractivity contribution in [1.29, 1.82) is 0 Å². The first-order valence-corrected chi connectivity index (χ1v) is 3.00. The molecule has 0 saturated heterocycles. The predicted octanol–water partition coefficient (Wildman–Crippen LogP) is 1.23. The van der Waals surface area contributed by atoms with Crippen LogP contribution in [0.4, 0.5) is 0 Å². The Morgan fingerprint density at radius 1 is 1.44 bits per heavy atom. The Morgan fingerprint density at radius 2 is 2.11 bits per heavy atom. The van der Waals surface area contributed by atoms with Gasteiger partial charge in [0.05, 0.1) is 0 Å². The zero-order chi connectivity index (χ0) is 6.24. The summed E-state index contributed by atoms with van der Waals surface area (Å²) in [5, 5.41) is 0. The molecule has 0 aliphatic carbocycles. The van der Waals surface area contributed by atoms with Gasteiger partial charge in [0.25, 0.3) is 0 Å². The molecule has 9 heavy (non-hydrogen) atoms. The summed E-state index contributed by atoms with van der Waals surface area (Å²) in [7, 11) is 0. The highest BCUT2D eigenvalue weighted by atomic mass is 35.5. The molecule has 0 rings (SSSR count). The van der Waals surface area contributed by atoms with E-state index in [0.29, 0.717) is 0 Å². The molecule has 0 unspecified atom stereocenters. The topological polar surface area (TPSA) is 38.0 Å². The van der Waals surface area contributed by atoms with E-state index in [2.05, 4.69) is 24.5 Å².